The lowest BCUT2D eigenvalue weighted by Crippen LogP contribution is -2.27. The molecule has 1 unspecified atom stereocenters. The summed E-state index contributed by atoms with van der Waals surface area (Å²) in [4.78, 5) is 24.6. The van der Waals surface area contributed by atoms with E-state index in [9.17, 15) is 9.59 Å². The third-order valence-corrected chi connectivity index (χ3v) is 5.95. The number of ether oxygens (including phenoxy) is 2. The van der Waals surface area contributed by atoms with E-state index in [4.69, 9.17) is 20.3 Å². The first kappa shape index (κ1) is 22.9. The highest BCUT2D eigenvalue weighted by atomic mass is 16.5. The lowest BCUT2D eigenvalue weighted by Gasteiger charge is -2.28. The van der Waals surface area contributed by atoms with E-state index in [0.717, 1.165) is 11.1 Å². The molecule has 176 valence electrons. The number of hydrogen-bond acceptors (Lipinski definition) is 6. The highest BCUT2D eigenvalue weighted by Gasteiger charge is 2.32. The smallest absolute Gasteiger partial charge is 0.254 e. The quantitative estimate of drug-likeness (QED) is 0.463. The van der Waals surface area contributed by atoms with Crippen molar-refractivity contribution in [3.8, 4) is 22.8 Å². The largest absolute Gasteiger partial charge is 0.496 e. The lowest BCUT2D eigenvalue weighted by molar-refractivity contribution is -0.111. The number of carbonyl (C=O) groups is 2. The summed E-state index contributed by atoms with van der Waals surface area (Å²) in [5, 5.41) is 11.0. The molecule has 4 rings (SSSR count). The Morgan fingerprint density at radius 3 is 2.53 bits per heavy atom. The third kappa shape index (κ3) is 3.96. The van der Waals surface area contributed by atoms with Crippen molar-refractivity contribution in [2.45, 2.75) is 19.4 Å². The minimum atomic E-state index is -0.601. The molecular weight excluding hydrogens is 434 g/mol. The highest BCUT2D eigenvalue weighted by molar-refractivity contribution is 6.04. The molecule has 0 saturated carbocycles. The molecule has 0 radical (unpaired) electrons. The van der Waals surface area contributed by atoms with Crippen LogP contribution in [0.1, 0.15) is 33.9 Å². The number of methoxy groups -OCH3 is 2. The average molecular weight is 462 g/mol. The molecule has 2 aromatic carbocycles. The van der Waals surface area contributed by atoms with E-state index in [0.29, 0.717) is 47.2 Å². The molecule has 1 aliphatic rings. The van der Waals surface area contributed by atoms with E-state index in [1.165, 1.54) is 6.08 Å². The number of hydrogen-bond donors (Lipinski definition) is 3. The number of benzene rings is 2. The van der Waals surface area contributed by atoms with Crippen LogP contribution in [-0.2, 0) is 4.79 Å². The molecule has 0 saturated heterocycles. The molecule has 2 amide bonds. The van der Waals surface area contributed by atoms with Crippen molar-refractivity contribution in [1.82, 2.24) is 9.78 Å². The third-order valence-electron chi connectivity index (χ3n) is 5.95. The van der Waals surface area contributed by atoms with E-state index >= 15 is 0 Å². The summed E-state index contributed by atoms with van der Waals surface area (Å²) < 4.78 is 12.8. The zero-order valence-electron chi connectivity index (χ0n) is 19.3. The van der Waals surface area contributed by atoms with Gasteiger partial charge in [-0.15, -0.1) is 0 Å². The Bertz CT molecular complexity index is 1260. The number of rotatable bonds is 7. The van der Waals surface area contributed by atoms with Gasteiger partial charge in [0.25, 0.3) is 5.91 Å². The zero-order valence-corrected chi connectivity index (χ0v) is 19.3. The summed E-state index contributed by atoms with van der Waals surface area (Å²) in [7, 11) is 3.15. The average Bonchev–Trinajstić information content (AvgIpc) is 3.24. The fourth-order valence-corrected chi connectivity index (χ4v) is 4.31. The lowest BCUT2D eigenvalue weighted by atomic mass is 9.99. The predicted octanol–water partition coefficient (Wildman–Crippen LogP) is 3.50. The maximum absolute atomic E-state index is 12.6. The molecule has 9 heteroatoms. The van der Waals surface area contributed by atoms with Crippen LogP contribution in [0, 0.1) is 6.92 Å². The van der Waals surface area contributed by atoms with Gasteiger partial charge in [-0.05, 0) is 37.6 Å². The molecule has 1 atom stereocenters. The second-order valence-corrected chi connectivity index (χ2v) is 7.90. The maximum atomic E-state index is 12.6. The normalized spacial score (nSPS) is 14.5. The van der Waals surface area contributed by atoms with Crippen LogP contribution in [0.25, 0.3) is 11.3 Å². The molecule has 2 heterocycles. The minimum absolute atomic E-state index is 0.237. The van der Waals surface area contributed by atoms with Crippen molar-refractivity contribution in [3.63, 3.8) is 0 Å². The van der Waals surface area contributed by atoms with Crippen molar-refractivity contribution in [2.75, 3.05) is 31.4 Å². The second kappa shape index (κ2) is 9.30. The summed E-state index contributed by atoms with van der Waals surface area (Å²) in [5.74, 6) is 0.841. The van der Waals surface area contributed by atoms with Gasteiger partial charge in [-0.2, -0.15) is 5.10 Å². The first-order valence-electron chi connectivity index (χ1n) is 10.8. The number of amides is 2. The van der Waals surface area contributed by atoms with E-state index in [1.54, 1.807) is 18.9 Å². The summed E-state index contributed by atoms with van der Waals surface area (Å²) in [5.41, 5.74) is 9.53. The van der Waals surface area contributed by atoms with Crippen molar-refractivity contribution >= 4 is 23.3 Å². The first-order valence-corrected chi connectivity index (χ1v) is 10.8. The number of nitrogens with zero attached hydrogens (tertiary/aromatic N) is 2. The van der Waals surface area contributed by atoms with E-state index < -0.39 is 5.91 Å². The van der Waals surface area contributed by atoms with Crippen molar-refractivity contribution in [2.24, 2.45) is 5.73 Å². The monoisotopic (exact) mass is 461 g/mol. The molecule has 3 aromatic rings. The Morgan fingerprint density at radius 1 is 1.24 bits per heavy atom. The summed E-state index contributed by atoms with van der Waals surface area (Å²) in [6.07, 6.45) is 1.91. The highest BCUT2D eigenvalue weighted by Crippen LogP contribution is 2.41. The Hall–Kier alpha value is -4.27. The van der Waals surface area contributed by atoms with Crippen LogP contribution < -0.4 is 25.8 Å². The SMILES string of the molecule is C=CC(=O)Nc1ccccc1C1CCNc2c(C(N)=O)c(-c3cc(OC)c(C)c(OC)c3)nn21. The van der Waals surface area contributed by atoms with Gasteiger partial charge in [0.1, 0.15) is 28.6 Å². The number of aromatic nitrogens is 2. The molecule has 0 fully saturated rings. The van der Waals surface area contributed by atoms with E-state index in [-0.39, 0.29) is 17.5 Å². The van der Waals surface area contributed by atoms with Crippen LogP contribution in [0.5, 0.6) is 11.5 Å². The van der Waals surface area contributed by atoms with Gasteiger partial charge in [0.2, 0.25) is 5.91 Å². The molecule has 0 spiro atoms. The van der Waals surface area contributed by atoms with Crippen LogP contribution >= 0.6 is 0 Å². The standard InChI is InChI=1S/C25H27N5O4/c1-5-21(31)28-17-9-7-6-8-16(17)18-10-11-27-25-22(24(26)32)23(29-30(18)25)15-12-19(33-3)14(2)20(13-15)34-4/h5-9,12-13,18,27H,1,10-11H2,2-4H3,(H2,26,32)(H,28,31). The van der Waals surface area contributed by atoms with E-state index in [2.05, 4.69) is 17.2 Å². The van der Waals surface area contributed by atoms with Gasteiger partial charge in [-0.3, -0.25) is 9.59 Å². The fraction of sp³-hybridized carbons (Fsp3) is 0.240. The van der Waals surface area contributed by atoms with Crippen LogP contribution in [0.3, 0.4) is 0 Å². The number of nitrogens with two attached hydrogens (primary N) is 1. The Balaban J connectivity index is 1.90. The summed E-state index contributed by atoms with van der Waals surface area (Å²) >= 11 is 0. The molecule has 0 bridgehead atoms. The van der Waals surface area contributed by atoms with Crippen molar-refractivity contribution in [3.05, 3.63) is 65.7 Å². The molecule has 4 N–H and O–H groups in total. The van der Waals surface area contributed by atoms with Crippen LogP contribution in [0.15, 0.2) is 49.1 Å². The van der Waals surface area contributed by atoms with Crippen molar-refractivity contribution in [1.29, 1.82) is 0 Å². The molecule has 1 aromatic heterocycles. The van der Waals surface area contributed by atoms with Gasteiger partial charge in [0, 0.05) is 28.9 Å². The Morgan fingerprint density at radius 2 is 1.91 bits per heavy atom. The van der Waals surface area contributed by atoms with Gasteiger partial charge < -0.3 is 25.8 Å². The number of carbonyl (C=O) groups excluding carboxylic acids is 2. The summed E-state index contributed by atoms with van der Waals surface area (Å²) in [6, 6.07) is 10.9. The topological polar surface area (TPSA) is 120 Å². The maximum Gasteiger partial charge on any atom is 0.254 e. The van der Waals surface area contributed by atoms with Crippen LogP contribution in [0.2, 0.25) is 0 Å². The summed E-state index contributed by atoms with van der Waals surface area (Å²) in [6.45, 7) is 6.01. The van der Waals surface area contributed by atoms with Crippen LogP contribution in [-0.4, -0.2) is 42.4 Å². The fourth-order valence-electron chi connectivity index (χ4n) is 4.31. The Kier molecular flexibility index (Phi) is 6.27. The number of para-hydroxylation sites is 1. The predicted molar refractivity (Wildman–Crippen MR) is 131 cm³/mol. The molecule has 0 aliphatic carbocycles. The minimum Gasteiger partial charge on any atom is -0.496 e. The molecule has 9 nitrogen and oxygen atoms in total. The first-order chi connectivity index (χ1) is 16.4. The zero-order chi connectivity index (χ0) is 24.4. The number of primary amides is 1. The number of anilines is 2. The van der Waals surface area contributed by atoms with E-state index in [1.807, 2.05) is 43.3 Å². The number of nitrogens with one attached hydrogen (secondary N) is 2. The Labute approximate surface area is 197 Å². The van der Waals surface area contributed by atoms with Gasteiger partial charge in [0.15, 0.2) is 0 Å². The number of fused-ring (bicyclic) bond motifs is 1. The molecule has 34 heavy (non-hydrogen) atoms. The van der Waals surface area contributed by atoms with Crippen LogP contribution in [0.4, 0.5) is 11.5 Å². The second-order valence-electron chi connectivity index (χ2n) is 7.90. The molecular formula is C25H27N5O4. The van der Waals surface area contributed by atoms with Gasteiger partial charge >= 0.3 is 0 Å². The van der Waals surface area contributed by atoms with Gasteiger partial charge in [-0.25, -0.2) is 4.68 Å². The van der Waals surface area contributed by atoms with Gasteiger partial charge in [0.05, 0.1) is 20.3 Å². The molecule has 1 aliphatic heterocycles. The van der Waals surface area contributed by atoms with Crippen molar-refractivity contribution < 1.29 is 19.1 Å². The van der Waals surface area contributed by atoms with Gasteiger partial charge in [-0.1, -0.05) is 24.8 Å².